The first-order valence-electron chi connectivity index (χ1n) is 5.32. The van der Waals surface area contributed by atoms with Crippen molar-refractivity contribution in [2.45, 2.75) is 32.7 Å². The lowest BCUT2D eigenvalue weighted by molar-refractivity contribution is 0.547. The van der Waals surface area contributed by atoms with E-state index in [1.807, 2.05) is 6.20 Å². The van der Waals surface area contributed by atoms with Crippen LogP contribution < -0.4 is 5.32 Å². The molecule has 0 unspecified atom stereocenters. The Morgan fingerprint density at radius 2 is 2.20 bits per heavy atom. The zero-order valence-electron chi connectivity index (χ0n) is 9.46. The van der Waals surface area contributed by atoms with E-state index in [0.29, 0.717) is 0 Å². The maximum Gasteiger partial charge on any atom is 0.0941 e. The van der Waals surface area contributed by atoms with Crippen LogP contribution in [-0.4, -0.2) is 15.7 Å². The van der Waals surface area contributed by atoms with Gasteiger partial charge in [-0.2, -0.15) is 5.10 Å². The number of anilines is 1. The van der Waals surface area contributed by atoms with Gasteiger partial charge in [-0.25, -0.2) is 0 Å². The van der Waals surface area contributed by atoms with Crippen LogP contribution >= 0.6 is 0 Å². The predicted molar refractivity (Wildman–Crippen MR) is 64.1 cm³/mol. The van der Waals surface area contributed by atoms with E-state index in [4.69, 9.17) is 0 Å². The molecule has 3 heteroatoms. The van der Waals surface area contributed by atoms with E-state index in [9.17, 15) is 0 Å². The highest BCUT2D eigenvalue weighted by Crippen LogP contribution is 2.21. The molecular weight excluding hydrogens is 186 g/mol. The number of nitrogens with one attached hydrogen (secondary N) is 2. The molecule has 0 atom stereocenters. The van der Waals surface area contributed by atoms with Crippen molar-refractivity contribution in [3.63, 3.8) is 0 Å². The number of benzene rings is 1. The van der Waals surface area contributed by atoms with Gasteiger partial charge in [0, 0.05) is 22.8 Å². The van der Waals surface area contributed by atoms with E-state index in [1.54, 1.807) is 0 Å². The third kappa shape index (κ3) is 2.12. The van der Waals surface area contributed by atoms with Gasteiger partial charge < -0.3 is 5.32 Å². The molecule has 0 fully saturated rings. The summed E-state index contributed by atoms with van der Waals surface area (Å²) in [7, 11) is 0. The third-order valence-electron chi connectivity index (χ3n) is 2.80. The Balaban J connectivity index is 2.28. The maximum atomic E-state index is 4.17. The smallest absolute Gasteiger partial charge is 0.0941 e. The van der Waals surface area contributed by atoms with E-state index < -0.39 is 0 Å². The molecule has 0 aliphatic carbocycles. The summed E-state index contributed by atoms with van der Waals surface area (Å²) in [5.41, 5.74) is 2.26. The highest BCUT2D eigenvalue weighted by atomic mass is 15.1. The van der Waals surface area contributed by atoms with Crippen LogP contribution in [0.1, 0.15) is 27.2 Å². The van der Waals surface area contributed by atoms with Gasteiger partial charge in [-0.3, -0.25) is 5.10 Å². The zero-order valence-corrected chi connectivity index (χ0v) is 9.46. The Morgan fingerprint density at radius 3 is 2.93 bits per heavy atom. The van der Waals surface area contributed by atoms with Crippen molar-refractivity contribution in [1.29, 1.82) is 0 Å². The van der Waals surface area contributed by atoms with Crippen LogP contribution in [0.15, 0.2) is 24.4 Å². The van der Waals surface area contributed by atoms with E-state index in [2.05, 4.69) is 54.5 Å². The van der Waals surface area contributed by atoms with Gasteiger partial charge in [-0.1, -0.05) is 6.92 Å². The van der Waals surface area contributed by atoms with E-state index >= 15 is 0 Å². The van der Waals surface area contributed by atoms with Gasteiger partial charge in [0.2, 0.25) is 0 Å². The summed E-state index contributed by atoms with van der Waals surface area (Å²) in [5, 5.41) is 11.7. The number of fused-ring (bicyclic) bond motifs is 1. The number of nitrogens with zero attached hydrogens (tertiary/aromatic N) is 1. The van der Waals surface area contributed by atoms with E-state index in [1.165, 1.54) is 0 Å². The second-order valence-electron chi connectivity index (χ2n) is 4.52. The summed E-state index contributed by atoms with van der Waals surface area (Å²) in [6.07, 6.45) is 3.00. The second-order valence-corrected chi connectivity index (χ2v) is 4.52. The van der Waals surface area contributed by atoms with Crippen LogP contribution in [-0.2, 0) is 0 Å². The van der Waals surface area contributed by atoms with Crippen LogP contribution in [0.4, 0.5) is 5.69 Å². The lowest BCUT2D eigenvalue weighted by Gasteiger charge is -2.25. The number of rotatable bonds is 3. The molecule has 0 spiro atoms. The summed E-state index contributed by atoms with van der Waals surface area (Å²) in [6.45, 7) is 6.57. The van der Waals surface area contributed by atoms with Gasteiger partial charge >= 0.3 is 0 Å². The summed E-state index contributed by atoms with van der Waals surface area (Å²) in [5.74, 6) is 0. The molecule has 0 bridgehead atoms. The average Bonchev–Trinajstić information content (AvgIpc) is 2.64. The van der Waals surface area contributed by atoms with Crippen LogP contribution in [0.25, 0.3) is 10.9 Å². The number of aromatic nitrogens is 2. The first kappa shape index (κ1) is 10.0. The first-order valence-corrected chi connectivity index (χ1v) is 5.32. The minimum absolute atomic E-state index is 0.129. The Hall–Kier alpha value is -1.51. The van der Waals surface area contributed by atoms with Crippen molar-refractivity contribution >= 4 is 16.6 Å². The van der Waals surface area contributed by atoms with E-state index in [0.717, 1.165) is 23.0 Å². The molecule has 0 aliphatic rings. The summed E-state index contributed by atoms with van der Waals surface area (Å²) in [6, 6.07) is 6.24. The minimum Gasteiger partial charge on any atom is -0.380 e. The SMILES string of the molecule is CCC(C)(C)Nc1ccc2c[nH]nc2c1. The Labute approximate surface area is 89.9 Å². The van der Waals surface area contributed by atoms with Crippen molar-refractivity contribution < 1.29 is 0 Å². The van der Waals surface area contributed by atoms with Gasteiger partial charge in [0.15, 0.2) is 0 Å². The van der Waals surface area contributed by atoms with Crippen LogP contribution in [0.5, 0.6) is 0 Å². The molecule has 0 amide bonds. The number of hydrogen-bond donors (Lipinski definition) is 2. The van der Waals surface area contributed by atoms with Crippen molar-refractivity contribution in [1.82, 2.24) is 10.2 Å². The third-order valence-corrected chi connectivity index (χ3v) is 2.80. The van der Waals surface area contributed by atoms with Crippen LogP contribution in [0.2, 0.25) is 0 Å². The monoisotopic (exact) mass is 203 g/mol. The molecule has 1 heterocycles. The molecule has 1 aromatic carbocycles. The topological polar surface area (TPSA) is 40.7 Å². The molecule has 2 aromatic rings. The number of H-pyrrole nitrogens is 1. The molecule has 0 aliphatic heterocycles. The quantitative estimate of drug-likeness (QED) is 0.804. The molecule has 0 saturated carbocycles. The second kappa shape index (κ2) is 3.57. The van der Waals surface area contributed by atoms with Crippen molar-refractivity contribution in [3.8, 4) is 0 Å². The zero-order chi connectivity index (χ0) is 10.9. The van der Waals surface area contributed by atoms with Crippen molar-refractivity contribution in [2.75, 3.05) is 5.32 Å². The van der Waals surface area contributed by atoms with Crippen LogP contribution in [0.3, 0.4) is 0 Å². The predicted octanol–water partition coefficient (Wildman–Crippen LogP) is 3.16. The fraction of sp³-hybridized carbons (Fsp3) is 0.417. The lowest BCUT2D eigenvalue weighted by Crippen LogP contribution is -2.29. The molecule has 0 radical (unpaired) electrons. The van der Waals surface area contributed by atoms with Gasteiger partial charge in [0.25, 0.3) is 0 Å². The Bertz CT molecular complexity index is 457. The normalized spacial score (nSPS) is 11.9. The summed E-state index contributed by atoms with van der Waals surface area (Å²) in [4.78, 5) is 0. The highest BCUT2D eigenvalue weighted by molar-refractivity contribution is 5.81. The van der Waals surface area contributed by atoms with E-state index in [-0.39, 0.29) is 5.54 Å². The van der Waals surface area contributed by atoms with Crippen molar-refractivity contribution in [3.05, 3.63) is 24.4 Å². The molecule has 80 valence electrons. The molecule has 2 N–H and O–H groups in total. The first-order chi connectivity index (χ1) is 7.11. The standard InChI is InChI=1S/C12H17N3/c1-4-12(2,3)14-10-6-5-9-8-13-15-11(9)7-10/h5-8,14H,4H2,1-3H3,(H,13,15). The fourth-order valence-corrected chi connectivity index (χ4v) is 1.49. The van der Waals surface area contributed by atoms with Gasteiger partial charge in [0.1, 0.15) is 0 Å². The largest absolute Gasteiger partial charge is 0.380 e. The molecule has 15 heavy (non-hydrogen) atoms. The molecular formula is C12H17N3. The Kier molecular flexibility index (Phi) is 2.39. The lowest BCUT2D eigenvalue weighted by atomic mass is 10.0. The minimum atomic E-state index is 0.129. The fourth-order valence-electron chi connectivity index (χ4n) is 1.49. The van der Waals surface area contributed by atoms with Gasteiger partial charge in [-0.05, 0) is 38.5 Å². The average molecular weight is 203 g/mol. The molecule has 2 rings (SSSR count). The molecule has 1 aromatic heterocycles. The van der Waals surface area contributed by atoms with Crippen molar-refractivity contribution in [2.24, 2.45) is 0 Å². The Morgan fingerprint density at radius 1 is 1.40 bits per heavy atom. The van der Waals surface area contributed by atoms with Crippen LogP contribution in [0, 0.1) is 0 Å². The summed E-state index contributed by atoms with van der Waals surface area (Å²) < 4.78 is 0. The molecule has 3 nitrogen and oxygen atoms in total. The highest BCUT2D eigenvalue weighted by Gasteiger charge is 2.14. The van der Waals surface area contributed by atoms with Gasteiger partial charge in [-0.15, -0.1) is 0 Å². The number of hydrogen-bond acceptors (Lipinski definition) is 2. The number of aromatic amines is 1. The maximum absolute atomic E-state index is 4.17. The summed E-state index contributed by atoms with van der Waals surface area (Å²) >= 11 is 0. The molecule has 0 saturated heterocycles. The van der Waals surface area contributed by atoms with Gasteiger partial charge in [0.05, 0.1) is 5.52 Å².